The summed E-state index contributed by atoms with van der Waals surface area (Å²) in [6, 6.07) is 10.2. The third-order valence-corrected chi connectivity index (χ3v) is 4.02. The molecule has 1 aliphatic carbocycles. The Kier molecular flexibility index (Phi) is 4.34. The molecule has 0 bridgehead atoms. The summed E-state index contributed by atoms with van der Waals surface area (Å²) in [5.74, 6) is -0.353. The average Bonchev–Trinajstić information content (AvgIpc) is 3.04. The largest absolute Gasteiger partial charge is 0.456 e. The van der Waals surface area contributed by atoms with Crippen LogP contribution in [0.2, 0.25) is 0 Å². The smallest absolute Gasteiger partial charge is 0.358 e. The van der Waals surface area contributed by atoms with Gasteiger partial charge in [-0.15, -0.1) is 0 Å². The second kappa shape index (κ2) is 6.57. The Morgan fingerprint density at radius 2 is 1.95 bits per heavy atom. The molecule has 0 unspecified atom stereocenters. The van der Waals surface area contributed by atoms with E-state index in [9.17, 15) is 4.79 Å². The van der Waals surface area contributed by atoms with Crippen LogP contribution in [0.1, 0.15) is 54.2 Å². The predicted octanol–water partition coefficient (Wildman–Crippen LogP) is 3.75. The highest BCUT2D eigenvalue weighted by Crippen LogP contribution is 2.28. The Labute approximate surface area is 124 Å². The molecular weight excluding hydrogens is 264 g/mol. The molecule has 110 valence electrons. The van der Waals surface area contributed by atoms with E-state index < -0.39 is 0 Å². The maximum Gasteiger partial charge on any atom is 0.358 e. The van der Waals surface area contributed by atoms with Gasteiger partial charge in [-0.1, -0.05) is 49.6 Å². The zero-order valence-corrected chi connectivity index (χ0v) is 12.1. The Morgan fingerprint density at radius 3 is 2.71 bits per heavy atom. The fraction of sp³-hybridized carbons (Fsp3) is 0.412. The minimum Gasteiger partial charge on any atom is -0.456 e. The number of hydrogen-bond donors (Lipinski definition) is 0. The van der Waals surface area contributed by atoms with Gasteiger partial charge in [-0.2, -0.15) is 0 Å². The molecular formula is C17H20N2O2. The first-order valence-electron chi connectivity index (χ1n) is 7.57. The lowest BCUT2D eigenvalue weighted by Crippen LogP contribution is -2.11. The molecule has 1 aromatic heterocycles. The van der Waals surface area contributed by atoms with Crippen molar-refractivity contribution in [3.05, 3.63) is 54.1 Å². The number of esters is 1. The summed E-state index contributed by atoms with van der Waals surface area (Å²) < 4.78 is 7.37. The maximum absolute atomic E-state index is 12.0. The van der Waals surface area contributed by atoms with Crippen LogP contribution in [0.3, 0.4) is 0 Å². The number of carbonyl (C=O) groups is 1. The number of aromatic nitrogens is 2. The number of benzene rings is 1. The van der Waals surface area contributed by atoms with Gasteiger partial charge in [0, 0.05) is 12.2 Å². The van der Waals surface area contributed by atoms with E-state index in [-0.39, 0.29) is 12.6 Å². The molecule has 0 N–H and O–H groups in total. The van der Waals surface area contributed by atoms with E-state index in [1.54, 1.807) is 6.33 Å². The summed E-state index contributed by atoms with van der Waals surface area (Å²) in [5.41, 5.74) is 1.38. The van der Waals surface area contributed by atoms with Gasteiger partial charge in [0.1, 0.15) is 6.61 Å². The molecule has 3 rings (SSSR count). The molecule has 1 fully saturated rings. The molecule has 0 saturated heterocycles. The van der Waals surface area contributed by atoms with Crippen LogP contribution in [0.4, 0.5) is 0 Å². The zero-order valence-electron chi connectivity index (χ0n) is 12.1. The van der Waals surface area contributed by atoms with Crippen LogP contribution in [0.15, 0.2) is 42.9 Å². The average molecular weight is 284 g/mol. The molecule has 0 spiro atoms. The van der Waals surface area contributed by atoms with Gasteiger partial charge >= 0.3 is 5.97 Å². The van der Waals surface area contributed by atoms with Gasteiger partial charge in [0.25, 0.3) is 0 Å². The molecule has 4 nitrogen and oxygen atoms in total. The third kappa shape index (κ3) is 3.51. The molecule has 1 saturated carbocycles. The molecule has 0 radical (unpaired) electrons. The summed E-state index contributed by atoms with van der Waals surface area (Å²) in [4.78, 5) is 16.2. The first kappa shape index (κ1) is 13.9. The first-order valence-corrected chi connectivity index (χ1v) is 7.57. The van der Waals surface area contributed by atoms with Crippen molar-refractivity contribution >= 4 is 5.97 Å². The second-order valence-electron chi connectivity index (χ2n) is 5.56. The lowest BCUT2D eigenvalue weighted by Gasteiger charge is -2.22. The van der Waals surface area contributed by atoms with Crippen molar-refractivity contribution in [1.29, 1.82) is 0 Å². The van der Waals surface area contributed by atoms with Crippen molar-refractivity contribution in [3.63, 3.8) is 0 Å². The van der Waals surface area contributed by atoms with Gasteiger partial charge in [0.15, 0.2) is 5.69 Å². The maximum atomic E-state index is 12.0. The van der Waals surface area contributed by atoms with E-state index >= 15 is 0 Å². The summed E-state index contributed by atoms with van der Waals surface area (Å²) in [6.45, 7) is 0.288. The van der Waals surface area contributed by atoms with Crippen LogP contribution in [0.25, 0.3) is 0 Å². The molecule has 2 aromatic rings. The van der Waals surface area contributed by atoms with Crippen molar-refractivity contribution in [2.45, 2.75) is 44.8 Å². The van der Waals surface area contributed by atoms with Crippen LogP contribution in [0.5, 0.6) is 0 Å². The summed E-state index contributed by atoms with van der Waals surface area (Å²) in [7, 11) is 0. The predicted molar refractivity (Wildman–Crippen MR) is 79.9 cm³/mol. The van der Waals surface area contributed by atoms with Gasteiger partial charge in [0.05, 0.1) is 6.33 Å². The molecule has 1 aliphatic rings. The SMILES string of the molecule is O=C(OCc1ccccc1)c1cn(C2CCCCC2)cn1. The Bertz CT molecular complexity index is 586. The van der Waals surface area contributed by atoms with E-state index in [2.05, 4.69) is 9.55 Å². The number of hydrogen-bond acceptors (Lipinski definition) is 3. The van der Waals surface area contributed by atoms with Gasteiger partial charge in [-0.05, 0) is 18.4 Å². The van der Waals surface area contributed by atoms with Crippen molar-refractivity contribution < 1.29 is 9.53 Å². The molecule has 4 heteroatoms. The van der Waals surface area contributed by atoms with E-state index in [0.717, 1.165) is 5.56 Å². The number of nitrogens with zero attached hydrogens (tertiary/aromatic N) is 2. The molecule has 21 heavy (non-hydrogen) atoms. The van der Waals surface area contributed by atoms with Crippen LogP contribution in [0, 0.1) is 0 Å². The number of imidazole rings is 1. The quantitative estimate of drug-likeness (QED) is 0.803. The highest BCUT2D eigenvalue weighted by molar-refractivity contribution is 5.86. The summed E-state index contributed by atoms with van der Waals surface area (Å²) in [6.07, 6.45) is 9.77. The topological polar surface area (TPSA) is 44.1 Å². The third-order valence-electron chi connectivity index (χ3n) is 4.02. The molecule has 0 aliphatic heterocycles. The number of rotatable bonds is 4. The minimum atomic E-state index is -0.353. The van der Waals surface area contributed by atoms with Crippen LogP contribution in [-0.4, -0.2) is 15.5 Å². The van der Waals surface area contributed by atoms with Gasteiger partial charge in [-0.3, -0.25) is 0 Å². The lowest BCUT2D eigenvalue weighted by atomic mass is 9.95. The van der Waals surface area contributed by atoms with Gasteiger partial charge < -0.3 is 9.30 Å². The normalized spacial score (nSPS) is 15.8. The van der Waals surface area contributed by atoms with Crippen molar-refractivity contribution in [2.24, 2.45) is 0 Å². The van der Waals surface area contributed by atoms with E-state index in [0.29, 0.717) is 11.7 Å². The number of ether oxygens (including phenoxy) is 1. The van der Waals surface area contributed by atoms with Gasteiger partial charge in [-0.25, -0.2) is 9.78 Å². The van der Waals surface area contributed by atoms with Crippen LogP contribution in [-0.2, 0) is 11.3 Å². The fourth-order valence-electron chi connectivity index (χ4n) is 2.82. The summed E-state index contributed by atoms with van der Waals surface area (Å²) in [5, 5.41) is 0. The summed E-state index contributed by atoms with van der Waals surface area (Å²) >= 11 is 0. The molecule has 0 atom stereocenters. The van der Waals surface area contributed by atoms with Gasteiger partial charge in [0.2, 0.25) is 0 Å². The van der Waals surface area contributed by atoms with Crippen LogP contribution >= 0.6 is 0 Å². The standard InChI is InChI=1S/C17H20N2O2/c20-17(21-12-14-7-3-1-4-8-14)16-11-19(13-18-16)15-9-5-2-6-10-15/h1,3-4,7-8,11,13,15H,2,5-6,9-10,12H2. The van der Waals surface area contributed by atoms with E-state index in [1.165, 1.54) is 32.1 Å². The highest BCUT2D eigenvalue weighted by Gasteiger charge is 2.18. The molecule has 1 aromatic carbocycles. The van der Waals surface area contributed by atoms with Crippen molar-refractivity contribution in [2.75, 3.05) is 0 Å². The minimum absolute atomic E-state index is 0.288. The lowest BCUT2D eigenvalue weighted by molar-refractivity contribution is 0.0466. The molecule has 1 heterocycles. The highest BCUT2D eigenvalue weighted by atomic mass is 16.5. The van der Waals surface area contributed by atoms with E-state index in [1.807, 2.05) is 36.5 Å². The molecule has 0 amide bonds. The zero-order chi connectivity index (χ0) is 14.5. The van der Waals surface area contributed by atoms with E-state index in [4.69, 9.17) is 4.74 Å². The first-order chi connectivity index (χ1) is 10.3. The monoisotopic (exact) mass is 284 g/mol. The fourth-order valence-corrected chi connectivity index (χ4v) is 2.82. The Morgan fingerprint density at radius 1 is 1.19 bits per heavy atom. The Hall–Kier alpha value is -2.10. The second-order valence-corrected chi connectivity index (χ2v) is 5.56. The van der Waals surface area contributed by atoms with Crippen LogP contribution < -0.4 is 0 Å². The number of carbonyl (C=O) groups excluding carboxylic acids is 1. The van der Waals surface area contributed by atoms with Crippen molar-refractivity contribution in [3.8, 4) is 0 Å². The van der Waals surface area contributed by atoms with Crippen molar-refractivity contribution in [1.82, 2.24) is 9.55 Å². The Balaban J connectivity index is 1.59.